The molecular weight excluding hydrogens is 353 g/mol. The van der Waals surface area contributed by atoms with Gasteiger partial charge >= 0.3 is 15.6 Å². The Kier molecular flexibility index (Phi) is 3.18. The van der Waals surface area contributed by atoms with Crippen LogP contribution in [0.2, 0.25) is 0 Å². The Bertz CT molecular complexity index is 1130. The van der Waals surface area contributed by atoms with Gasteiger partial charge in [-0.3, -0.25) is 0 Å². The Hall–Kier alpha value is -2.54. The summed E-state index contributed by atoms with van der Waals surface area (Å²) >= 11 is 0. The van der Waals surface area contributed by atoms with Gasteiger partial charge in [-0.2, -0.15) is 21.6 Å². The second-order valence-electron chi connectivity index (χ2n) is 5.87. The molecule has 0 unspecified atom stereocenters. The molecule has 0 spiro atoms. The van der Waals surface area contributed by atoms with E-state index in [2.05, 4.69) is 4.18 Å². The average molecular weight is 364 g/mol. The lowest BCUT2D eigenvalue weighted by molar-refractivity contribution is -0.0499. The van der Waals surface area contributed by atoms with Gasteiger partial charge in [-0.25, -0.2) is 0 Å². The molecule has 0 N–H and O–H groups in total. The van der Waals surface area contributed by atoms with Crippen LogP contribution < -0.4 is 4.18 Å². The quantitative estimate of drug-likeness (QED) is 0.370. The lowest BCUT2D eigenvalue weighted by Gasteiger charge is -2.12. The number of rotatable bonds is 2. The van der Waals surface area contributed by atoms with Crippen LogP contribution in [0.25, 0.3) is 33.0 Å². The molecule has 1 aliphatic carbocycles. The molecule has 4 rings (SSSR count). The number of hydrogen-bond donors (Lipinski definition) is 0. The van der Waals surface area contributed by atoms with E-state index in [0.717, 1.165) is 27.8 Å². The van der Waals surface area contributed by atoms with Gasteiger partial charge in [0, 0.05) is 10.8 Å². The van der Waals surface area contributed by atoms with E-state index in [1.165, 1.54) is 6.07 Å². The van der Waals surface area contributed by atoms with Crippen molar-refractivity contribution in [1.29, 1.82) is 0 Å². The zero-order valence-corrected chi connectivity index (χ0v) is 13.7. The third kappa shape index (κ3) is 2.30. The number of benzene rings is 3. The third-order valence-corrected chi connectivity index (χ3v) is 5.20. The Morgan fingerprint density at radius 2 is 1.56 bits per heavy atom. The summed E-state index contributed by atoms with van der Waals surface area (Å²) < 4.78 is 65.0. The smallest absolute Gasteiger partial charge is 0.375 e. The molecule has 1 aliphatic rings. The Morgan fingerprint density at radius 1 is 0.880 bits per heavy atom. The molecule has 0 heterocycles. The van der Waals surface area contributed by atoms with Gasteiger partial charge < -0.3 is 4.18 Å². The van der Waals surface area contributed by atoms with E-state index in [4.69, 9.17) is 0 Å². The van der Waals surface area contributed by atoms with E-state index in [1.807, 2.05) is 31.2 Å². The number of fused-ring (bicyclic) bond motifs is 3. The van der Waals surface area contributed by atoms with Crippen molar-refractivity contribution in [3.63, 3.8) is 0 Å². The fraction of sp³-hybridized carbons (Fsp3) is 0.111. The van der Waals surface area contributed by atoms with Crippen LogP contribution in [0.4, 0.5) is 13.2 Å². The molecular formula is C18H11F3O3S. The molecule has 0 atom stereocenters. The fourth-order valence-corrected chi connectivity index (χ4v) is 3.66. The summed E-state index contributed by atoms with van der Waals surface area (Å²) in [6.07, 6.45) is 0. The SMILES string of the molecule is Cc1ccc2c(c1)-c1cccc3c(OS(=O)(=O)C(F)(F)F)ccc-2c13. The Morgan fingerprint density at radius 3 is 2.28 bits per heavy atom. The Labute approximate surface area is 141 Å². The van der Waals surface area contributed by atoms with Crippen molar-refractivity contribution >= 4 is 20.9 Å². The fourth-order valence-electron chi connectivity index (χ4n) is 3.18. The first kappa shape index (κ1) is 16.0. The number of hydrogen-bond acceptors (Lipinski definition) is 3. The van der Waals surface area contributed by atoms with Gasteiger partial charge in [-0.05, 0) is 41.3 Å². The highest BCUT2D eigenvalue weighted by molar-refractivity contribution is 7.88. The molecule has 3 aromatic rings. The maximum atomic E-state index is 12.6. The summed E-state index contributed by atoms with van der Waals surface area (Å²) in [6, 6.07) is 13.8. The van der Waals surface area contributed by atoms with Crippen LogP contribution in [0.3, 0.4) is 0 Å². The Balaban J connectivity index is 1.96. The topological polar surface area (TPSA) is 43.4 Å². The summed E-state index contributed by atoms with van der Waals surface area (Å²) in [5, 5.41) is 1.02. The maximum absolute atomic E-state index is 12.6. The minimum absolute atomic E-state index is 0.330. The summed E-state index contributed by atoms with van der Waals surface area (Å²) in [4.78, 5) is 0. The minimum atomic E-state index is -5.72. The maximum Gasteiger partial charge on any atom is 0.534 e. The summed E-state index contributed by atoms with van der Waals surface area (Å²) in [7, 11) is -5.72. The lowest BCUT2D eigenvalue weighted by Crippen LogP contribution is -2.28. The molecule has 0 saturated carbocycles. The van der Waals surface area contributed by atoms with Gasteiger partial charge in [-0.15, -0.1) is 0 Å². The van der Waals surface area contributed by atoms with Crippen LogP contribution in [-0.4, -0.2) is 13.9 Å². The molecule has 0 bridgehead atoms. The van der Waals surface area contributed by atoms with Crippen LogP contribution in [0.15, 0.2) is 48.5 Å². The summed E-state index contributed by atoms with van der Waals surface area (Å²) in [5.74, 6) is -0.331. The van der Waals surface area contributed by atoms with E-state index in [-0.39, 0.29) is 5.75 Å². The van der Waals surface area contributed by atoms with Crippen molar-refractivity contribution in [2.75, 3.05) is 0 Å². The molecule has 0 saturated heterocycles. The van der Waals surface area contributed by atoms with E-state index < -0.39 is 15.6 Å². The van der Waals surface area contributed by atoms with Crippen LogP contribution in [-0.2, 0) is 10.1 Å². The van der Waals surface area contributed by atoms with Crippen molar-refractivity contribution in [1.82, 2.24) is 0 Å². The van der Waals surface area contributed by atoms with Crippen LogP contribution in [0.1, 0.15) is 5.56 Å². The summed E-state index contributed by atoms with van der Waals surface area (Å²) in [6.45, 7) is 1.95. The predicted octanol–water partition coefficient (Wildman–Crippen LogP) is 5.02. The van der Waals surface area contributed by atoms with Crippen LogP contribution in [0, 0.1) is 6.92 Å². The molecule has 0 aromatic heterocycles. The first-order valence-electron chi connectivity index (χ1n) is 7.37. The van der Waals surface area contributed by atoms with Gasteiger partial charge in [0.15, 0.2) is 5.75 Å². The highest BCUT2D eigenvalue weighted by Crippen LogP contribution is 2.49. The largest absolute Gasteiger partial charge is 0.534 e. The molecule has 25 heavy (non-hydrogen) atoms. The van der Waals surface area contributed by atoms with E-state index in [0.29, 0.717) is 10.8 Å². The number of alkyl halides is 3. The van der Waals surface area contributed by atoms with E-state index >= 15 is 0 Å². The normalized spacial score (nSPS) is 13.1. The molecule has 0 amide bonds. The van der Waals surface area contributed by atoms with Crippen molar-refractivity contribution in [3.05, 3.63) is 54.1 Å². The first-order chi connectivity index (χ1) is 11.7. The molecule has 0 radical (unpaired) electrons. The molecule has 3 nitrogen and oxygen atoms in total. The molecule has 0 fully saturated rings. The molecule has 3 aromatic carbocycles. The third-order valence-electron chi connectivity index (χ3n) is 4.24. The number of halogens is 3. The molecule has 7 heteroatoms. The monoisotopic (exact) mass is 364 g/mol. The standard InChI is InChI=1S/C18H11F3O3S/c1-10-5-6-11-13-7-8-16(24-25(22,23)18(19,20)21)14-4-2-3-12(17(13)14)15(11)9-10/h2-9H,1H3. The van der Waals surface area contributed by atoms with Gasteiger partial charge in [0.05, 0.1) is 0 Å². The highest BCUT2D eigenvalue weighted by Gasteiger charge is 2.48. The molecule has 0 aliphatic heterocycles. The number of aryl methyl sites for hydroxylation is 1. The zero-order chi connectivity index (χ0) is 18.0. The van der Waals surface area contributed by atoms with Gasteiger partial charge in [0.25, 0.3) is 0 Å². The van der Waals surface area contributed by atoms with E-state index in [1.54, 1.807) is 18.2 Å². The molecule has 128 valence electrons. The predicted molar refractivity (Wildman–Crippen MR) is 88.7 cm³/mol. The van der Waals surface area contributed by atoms with Gasteiger partial charge in [0.2, 0.25) is 0 Å². The van der Waals surface area contributed by atoms with Crippen molar-refractivity contribution < 1.29 is 25.8 Å². The summed E-state index contributed by atoms with van der Waals surface area (Å²) in [5.41, 5.74) is -0.799. The van der Waals surface area contributed by atoms with Crippen molar-refractivity contribution in [2.45, 2.75) is 12.4 Å². The van der Waals surface area contributed by atoms with Crippen molar-refractivity contribution in [2.24, 2.45) is 0 Å². The van der Waals surface area contributed by atoms with Crippen molar-refractivity contribution in [3.8, 4) is 28.0 Å². The van der Waals surface area contributed by atoms with Gasteiger partial charge in [-0.1, -0.05) is 42.0 Å². The van der Waals surface area contributed by atoms with E-state index in [9.17, 15) is 21.6 Å². The van der Waals surface area contributed by atoms with Gasteiger partial charge in [0.1, 0.15) is 0 Å². The average Bonchev–Trinajstić information content (AvgIpc) is 2.84. The highest BCUT2D eigenvalue weighted by atomic mass is 32.2. The second kappa shape index (κ2) is 4.98. The van der Waals surface area contributed by atoms with Crippen LogP contribution >= 0.6 is 0 Å². The second-order valence-corrected chi connectivity index (χ2v) is 7.41. The van der Waals surface area contributed by atoms with Crippen LogP contribution in [0.5, 0.6) is 5.75 Å². The lowest BCUT2D eigenvalue weighted by atomic mass is 10.0. The first-order valence-corrected chi connectivity index (χ1v) is 8.78. The minimum Gasteiger partial charge on any atom is -0.375 e. The zero-order valence-electron chi connectivity index (χ0n) is 12.9.